The van der Waals surface area contributed by atoms with Gasteiger partial charge in [0.1, 0.15) is 0 Å². The zero-order chi connectivity index (χ0) is 10.8. The number of carbonyl (C=O) groups is 2. The van der Waals surface area contributed by atoms with Crippen LogP contribution in [0.5, 0.6) is 0 Å². The van der Waals surface area contributed by atoms with Crippen molar-refractivity contribution in [2.24, 2.45) is 5.41 Å². The van der Waals surface area contributed by atoms with Crippen molar-refractivity contribution in [2.45, 2.75) is 26.2 Å². The Morgan fingerprint density at radius 2 is 2.21 bits per heavy atom. The molecule has 0 saturated carbocycles. The third kappa shape index (κ3) is 1.64. The van der Waals surface area contributed by atoms with Gasteiger partial charge in [-0.1, -0.05) is 6.08 Å². The third-order valence-corrected chi connectivity index (χ3v) is 2.70. The topological polar surface area (TPSA) is 63.6 Å². The minimum atomic E-state index is -1.08. The van der Waals surface area contributed by atoms with Gasteiger partial charge in [-0.25, -0.2) is 4.79 Å². The molecule has 1 aliphatic carbocycles. The highest BCUT2D eigenvalue weighted by molar-refractivity contribution is 5.97. The lowest BCUT2D eigenvalue weighted by molar-refractivity contribution is -0.150. The van der Waals surface area contributed by atoms with Crippen LogP contribution in [0.3, 0.4) is 0 Å². The van der Waals surface area contributed by atoms with E-state index in [0.717, 1.165) is 12.8 Å². The van der Waals surface area contributed by atoms with Gasteiger partial charge < -0.3 is 9.84 Å². The van der Waals surface area contributed by atoms with Gasteiger partial charge in [0, 0.05) is 0 Å². The van der Waals surface area contributed by atoms with E-state index in [1.54, 1.807) is 13.0 Å². The summed E-state index contributed by atoms with van der Waals surface area (Å²) in [4.78, 5) is 22.4. The Hall–Kier alpha value is -1.32. The molecule has 78 valence electrons. The summed E-state index contributed by atoms with van der Waals surface area (Å²) in [6, 6.07) is 0. The highest BCUT2D eigenvalue weighted by atomic mass is 16.5. The van der Waals surface area contributed by atoms with Crippen LogP contribution in [0.1, 0.15) is 26.2 Å². The summed E-state index contributed by atoms with van der Waals surface area (Å²) in [5, 5.41) is 9.06. The lowest BCUT2D eigenvalue weighted by atomic mass is 9.74. The van der Waals surface area contributed by atoms with Gasteiger partial charge in [0.05, 0.1) is 18.1 Å². The molecule has 0 unspecified atom stereocenters. The smallest absolute Gasteiger partial charge is 0.334 e. The molecule has 0 spiro atoms. The Kier molecular flexibility index (Phi) is 2.93. The van der Waals surface area contributed by atoms with Crippen LogP contribution in [0.2, 0.25) is 0 Å². The second kappa shape index (κ2) is 3.82. The number of carboxylic acids is 1. The zero-order valence-electron chi connectivity index (χ0n) is 8.37. The average Bonchev–Trinajstić information content (AvgIpc) is 2.17. The Morgan fingerprint density at radius 3 is 2.71 bits per heavy atom. The van der Waals surface area contributed by atoms with Crippen LogP contribution in [0.4, 0.5) is 0 Å². The molecule has 0 aromatic rings. The van der Waals surface area contributed by atoms with Crippen LogP contribution in [0.15, 0.2) is 11.6 Å². The molecular weight excluding hydrogens is 184 g/mol. The van der Waals surface area contributed by atoms with Crippen molar-refractivity contribution in [3.8, 4) is 0 Å². The standard InChI is InChI=1S/C10H14O4/c1-10(9(12)13)6-4-3-5-7(10)8(11)14-2/h5H,3-4,6H2,1-2H3,(H,12,13)/t10-/m0/s1. The first-order valence-corrected chi connectivity index (χ1v) is 4.54. The Morgan fingerprint density at radius 1 is 1.57 bits per heavy atom. The van der Waals surface area contributed by atoms with Gasteiger partial charge in [0.25, 0.3) is 0 Å². The first kappa shape index (κ1) is 10.8. The van der Waals surface area contributed by atoms with Gasteiger partial charge in [0.15, 0.2) is 0 Å². The van der Waals surface area contributed by atoms with Crippen LogP contribution >= 0.6 is 0 Å². The van der Waals surface area contributed by atoms with Gasteiger partial charge >= 0.3 is 11.9 Å². The van der Waals surface area contributed by atoms with Crippen molar-refractivity contribution >= 4 is 11.9 Å². The van der Waals surface area contributed by atoms with E-state index in [1.165, 1.54) is 7.11 Å². The quantitative estimate of drug-likeness (QED) is 0.680. The average molecular weight is 198 g/mol. The van der Waals surface area contributed by atoms with E-state index in [4.69, 9.17) is 5.11 Å². The summed E-state index contributed by atoms with van der Waals surface area (Å²) in [5.74, 6) is -1.50. The molecule has 0 radical (unpaired) electrons. The van der Waals surface area contributed by atoms with Gasteiger partial charge in [-0.15, -0.1) is 0 Å². The van der Waals surface area contributed by atoms with Gasteiger partial charge in [-0.3, -0.25) is 4.79 Å². The number of allylic oxidation sites excluding steroid dienone is 1. The van der Waals surface area contributed by atoms with E-state index in [-0.39, 0.29) is 5.57 Å². The molecule has 0 aliphatic heterocycles. The summed E-state index contributed by atoms with van der Waals surface area (Å²) < 4.78 is 4.56. The van der Waals surface area contributed by atoms with Crippen molar-refractivity contribution in [3.63, 3.8) is 0 Å². The van der Waals surface area contributed by atoms with Crippen molar-refractivity contribution in [3.05, 3.63) is 11.6 Å². The van der Waals surface area contributed by atoms with Gasteiger partial charge in [-0.2, -0.15) is 0 Å². The molecule has 14 heavy (non-hydrogen) atoms. The van der Waals surface area contributed by atoms with E-state index in [2.05, 4.69) is 4.74 Å². The molecule has 0 aromatic carbocycles. The number of ether oxygens (including phenoxy) is 1. The lowest BCUT2D eigenvalue weighted by Crippen LogP contribution is -2.35. The molecule has 1 rings (SSSR count). The molecule has 1 aliphatic rings. The summed E-state index contributed by atoms with van der Waals surface area (Å²) in [5.41, 5.74) is -0.801. The molecule has 1 N–H and O–H groups in total. The molecule has 0 amide bonds. The number of methoxy groups -OCH3 is 1. The van der Waals surface area contributed by atoms with E-state index < -0.39 is 17.4 Å². The summed E-state index contributed by atoms with van der Waals surface area (Å²) in [6.07, 6.45) is 3.70. The number of carbonyl (C=O) groups excluding carboxylic acids is 1. The fourth-order valence-electron chi connectivity index (χ4n) is 1.70. The largest absolute Gasteiger partial charge is 0.481 e. The fraction of sp³-hybridized carbons (Fsp3) is 0.600. The zero-order valence-corrected chi connectivity index (χ0v) is 8.37. The first-order valence-electron chi connectivity index (χ1n) is 4.54. The molecule has 0 bridgehead atoms. The maximum absolute atomic E-state index is 11.3. The minimum Gasteiger partial charge on any atom is -0.481 e. The van der Waals surface area contributed by atoms with Crippen LogP contribution < -0.4 is 0 Å². The SMILES string of the molecule is COC(=O)C1=CCCC[C@]1(C)C(=O)O. The number of hydrogen-bond acceptors (Lipinski definition) is 3. The number of esters is 1. The molecule has 0 fully saturated rings. The summed E-state index contributed by atoms with van der Waals surface area (Å²) in [7, 11) is 1.26. The molecular formula is C10H14O4. The van der Waals surface area contributed by atoms with Crippen LogP contribution in [0, 0.1) is 5.41 Å². The predicted molar refractivity (Wildman–Crippen MR) is 49.7 cm³/mol. The highest BCUT2D eigenvalue weighted by Crippen LogP contribution is 2.37. The Bertz CT molecular complexity index is 292. The van der Waals surface area contributed by atoms with Gasteiger partial charge in [0.2, 0.25) is 0 Å². The van der Waals surface area contributed by atoms with Crippen LogP contribution in [-0.4, -0.2) is 24.2 Å². The predicted octanol–water partition coefficient (Wildman–Crippen LogP) is 1.36. The third-order valence-electron chi connectivity index (χ3n) is 2.70. The van der Waals surface area contributed by atoms with E-state index in [9.17, 15) is 9.59 Å². The summed E-state index contributed by atoms with van der Waals surface area (Å²) in [6.45, 7) is 1.57. The van der Waals surface area contributed by atoms with Crippen molar-refractivity contribution in [2.75, 3.05) is 7.11 Å². The highest BCUT2D eigenvalue weighted by Gasteiger charge is 2.42. The van der Waals surface area contributed by atoms with E-state index in [0.29, 0.717) is 6.42 Å². The second-order valence-corrected chi connectivity index (χ2v) is 3.64. The normalized spacial score (nSPS) is 26.6. The molecule has 0 saturated heterocycles. The lowest BCUT2D eigenvalue weighted by Gasteiger charge is -2.29. The summed E-state index contributed by atoms with van der Waals surface area (Å²) >= 11 is 0. The monoisotopic (exact) mass is 198 g/mol. The molecule has 0 aromatic heterocycles. The molecule has 4 heteroatoms. The second-order valence-electron chi connectivity index (χ2n) is 3.64. The fourth-order valence-corrected chi connectivity index (χ4v) is 1.70. The van der Waals surface area contributed by atoms with Crippen LogP contribution in [0.25, 0.3) is 0 Å². The number of hydrogen-bond donors (Lipinski definition) is 1. The number of carboxylic acid groups (broad SMARTS) is 1. The molecule has 4 nitrogen and oxygen atoms in total. The van der Waals surface area contributed by atoms with Crippen LogP contribution in [-0.2, 0) is 14.3 Å². The maximum atomic E-state index is 11.3. The van der Waals surface area contributed by atoms with Crippen molar-refractivity contribution in [1.82, 2.24) is 0 Å². The van der Waals surface area contributed by atoms with Gasteiger partial charge in [-0.05, 0) is 26.2 Å². The number of aliphatic carboxylic acids is 1. The Labute approximate surface area is 82.6 Å². The van der Waals surface area contributed by atoms with Crippen molar-refractivity contribution < 1.29 is 19.4 Å². The minimum absolute atomic E-state index is 0.277. The molecule has 1 atom stereocenters. The molecule has 0 heterocycles. The maximum Gasteiger partial charge on any atom is 0.334 e. The van der Waals surface area contributed by atoms with E-state index in [1.807, 2.05) is 0 Å². The van der Waals surface area contributed by atoms with E-state index >= 15 is 0 Å². The number of rotatable bonds is 2. The first-order chi connectivity index (χ1) is 6.52. The van der Waals surface area contributed by atoms with Crippen molar-refractivity contribution in [1.29, 1.82) is 0 Å². The Balaban J connectivity index is 3.05.